The highest BCUT2D eigenvalue weighted by Crippen LogP contribution is 2.50. The fourth-order valence-electron chi connectivity index (χ4n) is 20.9. The third-order valence-corrected chi connectivity index (χ3v) is 33.1. The lowest BCUT2D eigenvalue weighted by molar-refractivity contribution is 1.18. The van der Waals surface area contributed by atoms with Crippen LogP contribution >= 0.6 is 56.7 Å². The van der Waals surface area contributed by atoms with Gasteiger partial charge in [0.2, 0.25) is 0 Å². The van der Waals surface area contributed by atoms with Gasteiger partial charge < -0.3 is 22.8 Å². The molecule has 0 fully saturated rings. The zero-order valence-electron chi connectivity index (χ0n) is 74.7. The molecule has 640 valence electrons. The number of nitrogens with zero attached hydrogens (tertiary/aromatic N) is 5. The quantitative estimate of drug-likeness (QED) is 0.164. The fourth-order valence-corrected chi connectivity index (χ4v) is 26.8. The summed E-state index contributed by atoms with van der Waals surface area (Å²) in [6, 6.07) is 155. The summed E-state index contributed by atoms with van der Waals surface area (Å²) in [5.74, 6) is 0. The molecule has 0 radical (unpaired) electrons. The van der Waals surface area contributed by atoms with Crippen molar-refractivity contribution in [1.82, 2.24) is 22.8 Å². The van der Waals surface area contributed by atoms with Gasteiger partial charge in [-0.2, -0.15) is 0 Å². The minimum atomic E-state index is 1.21. The van der Waals surface area contributed by atoms with Gasteiger partial charge in [-0.3, -0.25) is 0 Å². The van der Waals surface area contributed by atoms with E-state index in [-0.39, 0.29) is 0 Å². The van der Waals surface area contributed by atoms with Crippen molar-refractivity contribution in [3.8, 4) is 28.4 Å². The third kappa shape index (κ3) is 13.3. The van der Waals surface area contributed by atoms with Crippen LogP contribution in [0.15, 0.2) is 425 Å². The Balaban J connectivity index is 0.0000000878. The van der Waals surface area contributed by atoms with E-state index < -0.39 is 0 Å². The molecule has 30 aromatic rings. The van der Waals surface area contributed by atoms with Crippen molar-refractivity contribution in [3.63, 3.8) is 0 Å². The van der Waals surface area contributed by atoms with Crippen LogP contribution < -0.4 is 0 Å². The van der Waals surface area contributed by atoms with Gasteiger partial charge in [0.15, 0.2) is 0 Å². The zero-order chi connectivity index (χ0) is 89.8. The molecular formula is C125H85N5S5. The molecule has 0 atom stereocenters. The number of aromatic nitrogens is 5. The highest BCUT2D eigenvalue weighted by molar-refractivity contribution is 7.28. The van der Waals surface area contributed by atoms with Crippen molar-refractivity contribution in [2.75, 3.05) is 0 Å². The van der Waals surface area contributed by atoms with Crippen molar-refractivity contribution in [2.45, 2.75) is 34.6 Å². The van der Waals surface area contributed by atoms with Crippen LogP contribution in [0.3, 0.4) is 0 Å². The first-order chi connectivity index (χ1) is 66.5. The number of rotatable bonds is 5. The Morgan fingerprint density at radius 3 is 0.904 bits per heavy atom. The van der Waals surface area contributed by atoms with E-state index >= 15 is 0 Å². The highest BCUT2D eigenvalue weighted by Gasteiger charge is 2.24. The lowest BCUT2D eigenvalue weighted by atomic mass is 10.1. The Morgan fingerprint density at radius 1 is 0.141 bits per heavy atom. The summed E-state index contributed by atoms with van der Waals surface area (Å²) in [5.41, 5.74) is 25.3. The molecule has 0 aliphatic carbocycles. The highest BCUT2D eigenvalue weighted by atomic mass is 32.1. The summed E-state index contributed by atoms with van der Waals surface area (Å²) in [5, 5.41) is 26.7. The molecule has 10 heterocycles. The Morgan fingerprint density at radius 2 is 0.430 bits per heavy atom. The average molecular weight is 1820 g/mol. The lowest BCUT2D eigenvalue weighted by Crippen LogP contribution is -1.94. The molecule has 0 amide bonds. The second-order valence-electron chi connectivity index (χ2n) is 35.7. The lowest BCUT2D eigenvalue weighted by Gasteiger charge is -2.09. The summed E-state index contributed by atoms with van der Waals surface area (Å²) in [6.45, 7) is 10.7. The van der Waals surface area contributed by atoms with E-state index in [9.17, 15) is 0 Å². The number of thiophene rings is 5. The van der Waals surface area contributed by atoms with Gasteiger partial charge in [0.05, 0.1) is 59.9 Å². The first-order valence-electron chi connectivity index (χ1n) is 46.1. The van der Waals surface area contributed by atoms with Gasteiger partial charge in [-0.25, -0.2) is 0 Å². The van der Waals surface area contributed by atoms with E-state index in [1.807, 2.05) is 56.7 Å². The second-order valence-corrected chi connectivity index (χ2v) is 41.0. The van der Waals surface area contributed by atoms with Gasteiger partial charge in [0.25, 0.3) is 0 Å². The number of aryl methyl sites for hydroxylation is 5. The standard InChI is InChI=1S/5C25H17NS/c1-16-10-12-17(13-11-16)26-21-8-4-2-7-20(21)24-22(26)15-14-19-18-6-3-5-9-23(18)27-25(19)24;1-16-10-12-17(13-11-16)26-22-8-4-2-6-18(22)20-15-25-21(14-23(20)26)19-7-3-5-9-24(19)27-25;1-16-10-12-17(13-11-16)26-22-8-4-2-6-18(22)20-14-21-19-7-3-5-9-24(19)27-25(21)15-23(20)26;1-16-10-12-17(13-11-16)26-21-8-4-2-6-18(21)19-14-15-23-24(25(19)26)20-7-3-5-9-22(20)27-23;1-16-10-12-17(13-11-16)26-22-8-4-2-6-18(22)20-14-15-21-19-7-3-5-9-23(19)27-25(21)24(20)26/h5*2-15H,1H3. The van der Waals surface area contributed by atoms with Crippen LogP contribution in [0.4, 0.5) is 0 Å². The van der Waals surface area contributed by atoms with E-state index in [2.05, 4.69) is 482 Å². The molecule has 0 aliphatic rings. The first-order valence-corrected chi connectivity index (χ1v) is 50.1. The SMILES string of the molecule is Cc1ccc(-n2c3ccccc3c3c4sc5ccccc5c4ccc32)cc1.Cc1ccc(-n2c3ccccc3c3cc4c(cc32)sc2ccccc24)cc1.Cc1ccc(-n2c3ccccc3c3cc4sc5ccccc5c4cc32)cc1.Cc1ccc(-n2c3ccccc3c3ccc4c5ccccc5sc4c32)cc1.Cc1ccc(-n2c3ccccc3c3ccc4sc5ccccc5c4c32)cc1. The van der Waals surface area contributed by atoms with Gasteiger partial charge in [-0.05, 0) is 192 Å². The maximum atomic E-state index is 2.44. The number of hydrogen-bond donors (Lipinski definition) is 0. The smallest absolute Gasteiger partial charge is 0.0719 e. The summed E-state index contributed by atoms with van der Waals surface area (Å²) in [6.07, 6.45) is 0. The molecule has 0 saturated carbocycles. The molecule has 135 heavy (non-hydrogen) atoms. The molecule has 0 bridgehead atoms. The first kappa shape index (κ1) is 80.4. The van der Waals surface area contributed by atoms with E-state index in [1.54, 1.807) is 0 Å². The Bertz CT molecular complexity index is 9870. The maximum Gasteiger partial charge on any atom is 0.0719 e. The molecular weight excluding hydrogens is 1730 g/mol. The molecule has 5 nitrogen and oxygen atoms in total. The van der Waals surface area contributed by atoms with E-state index in [0.717, 1.165) is 0 Å². The molecule has 0 N–H and O–H groups in total. The van der Waals surface area contributed by atoms with E-state index in [4.69, 9.17) is 0 Å². The molecule has 30 rings (SSSR count). The fraction of sp³-hybridized carbons (Fsp3) is 0.0400. The van der Waals surface area contributed by atoms with Crippen LogP contribution in [0.1, 0.15) is 27.8 Å². The average Bonchev–Trinajstić information content (AvgIpc) is 1.56. The molecule has 10 aromatic heterocycles. The number of para-hydroxylation sites is 5. The van der Waals surface area contributed by atoms with Gasteiger partial charge in [0.1, 0.15) is 0 Å². The van der Waals surface area contributed by atoms with Crippen molar-refractivity contribution in [2.24, 2.45) is 0 Å². The Kier molecular flexibility index (Phi) is 19.3. The van der Waals surface area contributed by atoms with Crippen LogP contribution in [-0.2, 0) is 0 Å². The molecule has 0 unspecified atom stereocenters. The Hall–Kier alpha value is -15.5. The zero-order valence-corrected chi connectivity index (χ0v) is 78.8. The van der Waals surface area contributed by atoms with E-state index in [1.165, 1.54) is 266 Å². The van der Waals surface area contributed by atoms with Crippen LogP contribution in [-0.4, -0.2) is 22.8 Å². The molecule has 10 heteroatoms. The van der Waals surface area contributed by atoms with Gasteiger partial charge in [-0.1, -0.05) is 295 Å². The van der Waals surface area contributed by atoms with Crippen molar-refractivity contribution < 1.29 is 0 Å². The number of fused-ring (bicyclic) bond motifs is 33. The van der Waals surface area contributed by atoms with Gasteiger partial charge in [-0.15, -0.1) is 56.7 Å². The summed E-state index contributed by atoms with van der Waals surface area (Å²) in [4.78, 5) is 0. The molecule has 20 aromatic carbocycles. The van der Waals surface area contributed by atoms with Crippen LogP contribution in [0.5, 0.6) is 0 Å². The number of hydrogen-bond acceptors (Lipinski definition) is 5. The van der Waals surface area contributed by atoms with E-state index in [0.29, 0.717) is 0 Å². The molecule has 0 aliphatic heterocycles. The van der Waals surface area contributed by atoms with Crippen molar-refractivity contribution in [1.29, 1.82) is 0 Å². The predicted octanol–water partition coefficient (Wildman–Crippen LogP) is 37.3. The summed E-state index contributed by atoms with van der Waals surface area (Å²) in [7, 11) is 0. The third-order valence-electron chi connectivity index (χ3n) is 27.3. The van der Waals surface area contributed by atoms with Crippen LogP contribution in [0.25, 0.3) is 238 Å². The molecule has 0 spiro atoms. The molecule has 0 saturated heterocycles. The summed E-state index contributed by atoms with van der Waals surface area (Å²) >= 11 is 9.44. The monoisotopic (exact) mass is 1820 g/mol. The van der Waals surface area contributed by atoms with Gasteiger partial charge >= 0.3 is 0 Å². The van der Waals surface area contributed by atoms with Gasteiger partial charge in [0, 0.05) is 178 Å². The Labute approximate surface area is 798 Å². The van der Waals surface area contributed by atoms with Crippen LogP contribution in [0, 0.1) is 34.6 Å². The van der Waals surface area contributed by atoms with Crippen molar-refractivity contribution >= 4 is 267 Å². The minimum absolute atomic E-state index is 1.21. The largest absolute Gasteiger partial charge is 0.309 e. The summed E-state index contributed by atoms with van der Waals surface area (Å²) < 4.78 is 25.6. The second kappa shape index (κ2) is 32.5. The van der Waals surface area contributed by atoms with Crippen molar-refractivity contribution in [3.05, 3.63) is 452 Å². The topological polar surface area (TPSA) is 24.6 Å². The van der Waals surface area contributed by atoms with Crippen LogP contribution in [0.2, 0.25) is 0 Å². The number of benzene rings is 20. The minimum Gasteiger partial charge on any atom is -0.309 e. The predicted molar refractivity (Wildman–Crippen MR) is 592 cm³/mol. The normalized spacial score (nSPS) is 11.9. The maximum absolute atomic E-state index is 2.44.